The smallest absolute Gasteiger partial charge is 0.0795 e. The first kappa shape index (κ1) is 11.0. The minimum absolute atomic E-state index is 0.413. The first-order chi connectivity index (χ1) is 7.23. The lowest BCUT2D eigenvalue weighted by Crippen LogP contribution is -2.56. The number of thiazole rings is 1. The lowest BCUT2D eigenvalue weighted by atomic mass is 9.75. The van der Waals surface area contributed by atoms with Crippen LogP contribution in [0.4, 0.5) is 0 Å². The number of nitrogens with one attached hydrogen (secondary N) is 1. The Morgan fingerprint density at radius 3 is 2.80 bits per heavy atom. The summed E-state index contributed by atoms with van der Waals surface area (Å²) in [5.41, 5.74) is 3.46. The molecule has 0 radical (unpaired) electrons. The Hall–Kier alpha value is -0.450. The highest BCUT2D eigenvalue weighted by Crippen LogP contribution is 2.35. The van der Waals surface area contributed by atoms with Crippen LogP contribution in [0.5, 0.6) is 0 Å². The van der Waals surface area contributed by atoms with Crippen LogP contribution in [-0.2, 0) is 6.54 Å². The van der Waals surface area contributed by atoms with Crippen LogP contribution in [0.1, 0.15) is 25.0 Å². The molecular formula is C11H19N3S. The molecule has 0 aromatic carbocycles. The van der Waals surface area contributed by atoms with Crippen molar-refractivity contribution in [1.29, 1.82) is 0 Å². The summed E-state index contributed by atoms with van der Waals surface area (Å²) in [4.78, 5) is 6.63. The van der Waals surface area contributed by atoms with Crippen LogP contribution in [0.2, 0.25) is 0 Å². The molecule has 0 amide bonds. The van der Waals surface area contributed by atoms with Gasteiger partial charge in [0.1, 0.15) is 0 Å². The van der Waals surface area contributed by atoms with E-state index < -0.39 is 0 Å². The summed E-state index contributed by atoms with van der Waals surface area (Å²) < 4.78 is 0. The zero-order valence-electron chi connectivity index (χ0n) is 9.49. The van der Waals surface area contributed by atoms with Gasteiger partial charge in [-0.15, -0.1) is 11.3 Å². The zero-order valence-corrected chi connectivity index (χ0v) is 10.3. The zero-order chi connectivity index (χ0) is 10.7. The number of nitrogens with zero attached hydrogens (tertiary/aromatic N) is 2. The fraction of sp³-hybridized carbons (Fsp3) is 0.727. The summed E-state index contributed by atoms with van der Waals surface area (Å²) >= 11 is 1.66. The van der Waals surface area contributed by atoms with E-state index in [9.17, 15) is 0 Å². The van der Waals surface area contributed by atoms with E-state index in [0.717, 1.165) is 18.8 Å². The Labute approximate surface area is 95.5 Å². The van der Waals surface area contributed by atoms with Crippen molar-refractivity contribution in [1.82, 2.24) is 15.2 Å². The van der Waals surface area contributed by atoms with Crippen molar-refractivity contribution in [3.63, 3.8) is 0 Å². The highest BCUT2D eigenvalue weighted by molar-refractivity contribution is 7.07. The highest BCUT2D eigenvalue weighted by atomic mass is 32.1. The van der Waals surface area contributed by atoms with Crippen molar-refractivity contribution in [3.8, 4) is 0 Å². The molecule has 1 saturated carbocycles. The van der Waals surface area contributed by atoms with E-state index in [4.69, 9.17) is 0 Å². The molecule has 3 nitrogen and oxygen atoms in total. The molecule has 84 valence electrons. The SMILES string of the molecule is CN(C)C1(CNCc2cscn2)CCC1. The van der Waals surface area contributed by atoms with Crippen molar-refractivity contribution in [2.75, 3.05) is 20.6 Å². The van der Waals surface area contributed by atoms with E-state index in [-0.39, 0.29) is 0 Å². The summed E-state index contributed by atoms with van der Waals surface area (Å²) in [6.07, 6.45) is 4.02. The van der Waals surface area contributed by atoms with Crippen LogP contribution in [-0.4, -0.2) is 36.1 Å². The van der Waals surface area contributed by atoms with E-state index in [1.54, 1.807) is 11.3 Å². The van der Waals surface area contributed by atoms with Gasteiger partial charge in [-0.3, -0.25) is 0 Å². The van der Waals surface area contributed by atoms with Gasteiger partial charge in [-0.1, -0.05) is 0 Å². The van der Waals surface area contributed by atoms with Gasteiger partial charge in [0, 0.05) is 24.0 Å². The molecule has 15 heavy (non-hydrogen) atoms. The Balaban J connectivity index is 1.77. The lowest BCUT2D eigenvalue weighted by Gasteiger charge is -2.47. The number of likely N-dealkylation sites (N-methyl/N-ethyl adjacent to an activating group) is 1. The molecule has 0 aliphatic heterocycles. The normalized spacial score (nSPS) is 19.1. The maximum absolute atomic E-state index is 4.27. The third-order valence-electron chi connectivity index (χ3n) is 3.48. The topological polar surface area (TPSA) is 28.2 Å². The standard InChI is InChI=1S/C11H19N3S/c1-14(2)11(4-3-5-11)8-12-6-10-7-15-9-13-10/h7,9,12H,3-6,8H2,1-2H3. The van der Waals surface area contributed by atoms with Gasteiger partial charge in [-0.05, 0) is 33.4 Å². The van der Waals surface area contributed by atoms with Crippen molar-refractivity contribution in [3.05, 3.63) is 16.6 Å². The number of hydrogen-bond donors (Lipinski definition) is 1. The summed E-state index contributed by atoms with van der Waals surface area (Å²) in [7, 11) is 4.37. The molecule has 0 unspecified atom stereocenters. The molecule has 0 bridgehead atoms. The molecule has 1 heterocycles. The van der Waals surface area contributed by atoms with Crippen LogP contribution in [0.3, 0.4) is 0 Å². The third-order valence-corrected chi connectivity index (χ3v) is 4.11. The predicted molar refractivity (Wildman–Crippen MR) is 64.1 cm³/mol. The molecule has 1 aliphatic rings. The lowest BCUT2D eigenvalue weighted by molar-refractivity contribution is 0.0597. The molecule has 0 spiro atoms. The first-order valence-electron chi connectivity index (χ1n) is 5.48. The summed E-state index contributed by atoms with van der Waals surface area (Å²) in [5.74, 6) is 0. The van der Waals surface area contributed by atoms with Gasteiger partial charge in [0.05, 0.1) is 11.2 Å². The maximum atomic E-state index is 4.27. The van der Waals surface area contributed by atoms with E-state index >= 15 is 0 Å². The van der Waals surface area contributed by atoms with Crippen LogP contribution in [0.25, 0.3) is 0 Å². The molecule has 1 N–H and O–H groups in total. The molecule has 1 aliphatic carbocycles. The Bertz CT molecular complexity index is 291. The Morgan fingerprint density at radius 1 is 1.53 bits per heavy atom. The molecule has 1 aromatic rings. The molecule has 0 saturated heterocycles. The largest absolute Gasteiger partial charge is 0.309 e. The maximum Gasteiger partial charge on any atom is 0.0795 e. The van der Waals surface area contributed by atoms with Crippen molar-refractivity contribution >= 4 is 11.3 Å². The number of rotatable bonds is 5. The molecule has 1 fully saturated rings. The Kier molecular flexibility index (Phi) is 3.38. The molecule has 2 rings (SSSR count). The van der Waals surface area contributed by atoms with Crippen LogP contribution >= 0.6 is 11.3 Å². The first-order valence-corrected chi connectivity index (χ1v) is 6.42. The summed E-state index contributed by atoms with van der Waals surface area (Å²) in [6.45, 7) is 1.98. The molecular weight excluding hydrogens is 206 g/mol. The van der Waals surface area contributed by atoms with E-state index in [1.165, 1.54) is 19.3 Å². The number of hydrogen-bond acceptors (Lipinski definition) is 4. The average molecular weight is 225 g/mol. The van der Waals surface area contributed by atoms with Crippen LogP contribution < -0.4 is 5.32 Å². The quantitative estimate of drug-likeness (QED) is 0.827. The van der Waals surface area contributed by atoms with Gasteiger partial charge in [0.15, 0.2) is 0 Å². The van der Waals surface area contributed by atoms with Crippen LogP contribution in [0.15, 0.2) is 10.9 Å². The minimum atomic E-state index is 0.413. The minimum Gasteiger partial charge on any atom is -0.309 e. The number of aromatic nitrogens is 1. The molecule has 1 aromatic heterocycles. The van der Waals surface area contributed by atoms with Crippen molar-refractivity contribution in [2.24, 2.45) is 0 Å². The highest BCUT2D eigenvalue weighted by Gasteiger charge is 2.38. The van der Waals surface area contributed by atoms with Gasteiger partial charge in [-0.2, -0.15) is 0 Å². The third kappa shape index (κ3) is 2.38. The van der Waals surface area contributed by atoms with E-state index in [2.05, 4.69) is 34.7 Å². The fourth-order valence-corrected chi connectivity index (χ4v) is 2.67. The van der Waals surface area contributed by atoms with Crippen LogP contribution in [0, 0.1) is 0 Å². The summed E-state index contributed by atoms with van der Waals surface area (Å²) in [5, 5.41) is 5.62. The van der Waals surface area contributed by atoms with Gasteiger partial charge >= 0.3 is 0 Å². The van der Waals surface area contributed by atoms with E-state index in [0.29, 0.717) is 5.54 Å². The van der Waals surface area contributed by atoms with Gasteiger partial charge in [-0.25, -0.2) is 4.98 Å². The summed E-state index contributed by atoms with van der Waals surface area (Å²) in [6, 6.07) is 0. The van der Waals surface area contributed by atoms with Gasteiger partial charge < -0.3 is 10.2 Å². The Morgan fingerprint density at radius 2 is 2.33 bits per heavy atom. The van der Waals surface area contributed by atoms with Gasteiger partial charge in [0.25, 0.3) is 0 Å². The van der Waals surface area contributed by atoms with Crippen molar-refractivity contribution < 1.29 is 0 Å². The second-order valence-corrected chi connectivity index (χ2v) is 5.27. The second-order valence-electron chi connectivity index (χ2n) is 4.56. The van der Waals surface area contributed by atoms with Crippen molar-refractivity contribution in [2.45, 2.75) is 31.3 Å². The van der Waals surface area contributed by atoms with Gasteiger partial charge in [0.2, 0.25) is 0 Å². The van der Waals surface area contributed by atoms with E-state index in [1.807, 2.05) is 5.51 Å². The second kappa shape index (κ2) is 4.60. The molecule has 4 heteroatoms. The molecule has 0 atom stereocenters. The fourth-order valence-electron chi connectivity index (χ4n) is 2.12. The predicted octanol–water partition coefficient (Wildman–Crippen LogP) is 1.72. The monoisotopic (exact) mass is 225 g/mol. The average Bonchev–Trinajstić information content (AvgIpc) is 2.61.